The van der Waals surface area contributed by atoms with E-state index in [9.17, 15) is 0 Å². The Morgan fingerprint density at radius 1 is 1.29 bits per heavy atom. The van der Waals surface area contributed by atoms with E-state index in [0.717, 1.165) is 4.60 Å². The summed E-state index contributed by atoms with van der Waals surface area (Å²) in [7, 11) is 0. The Labute approximate surface area is 91.0 Å². The molecule has 0 aliphatic rings. The van der Waals surface area contributed by atoms with Gasteiger partial charge in [0.1, 0.15) is 11.2 Å². The first-order valence-corrected chi connectivity index (χ1v) is 5.06. The lowest BCUT2D eigenvalue weighted by molar-refractivity contribution is 0.0695. The van der Waals surface area contributed by atoms with Crippen LogP contribution in [0.1, 0.15) is 0 Å². The van der Waals surface area contributed by atoms with Gasteiger partial charge in [0.2, 0.25) is 5.88 Å². The second-order valence-electron chi connectivity index (χ2n) is 2.48. The molecule has 1 rings (SSSR count). The summed E-state index contributed by atoms with van der Waals surface area (Å²) in [6.07, 6.45) is 0. The number of hydrogen-bond donors (Lipinski definition) is 1. The van der Waals surface area contributed by atoms with Crippen LogP contribution >= 0.6 is 15.9 Å². The SMILES string of the molecule is OCCOCCOc1cccc(Br)n1. The molecule has 5 heteroatoms. The van der Waals surface area contributed by atoms with Gasteiger partial charge in [-0.05, 0) is 22.0 Å². The Balaban J connectivity index is 2.18. The lowest BCUT2D eigenvalue weighted by Crippen LogP contribution is -2.09. The molecule has 0 aliphatic carbocycles. The van der Waals surface area contributed by atoms with Crippen LogP contribution in [-0.4, -0.2) is 36.5 Å². The number of aliphatic hydroxyl groups is 1. The summed E-state index contributed by atoms with van der Waals surface area (Å²) < 4.78 is 11.0. The maximum atomic E-state index is 8.43. The third-order valence-electron chi connectivity index (χ3n) is 1.40. The van der Waals surface area contributed by atoms with Gasteiger partial charge in [0, 0.05) is 6.07 Å². The molecule has 1 aromatic rings. The minimum atomic E-state index is 0.0368. The summed E-state index contributed by atoms with van der Waals surface area (Å²) in [5.74, 6) is 0.562. The molecule has 14 heavy (non-hydrogen) atoms. The minimum Gasteiger partial charge on any atom is -0.475 e. The molecule has 0 radical (unpaired) electrons. The zero-order chi connectivity index (χ0) is 10.2. The fourth-order valence-electron chi connectivity index (χ4n) is 0.842. The smallest absolute Gasteiger partial charge is 0.214 e. The molecule has 0 aliphatic heterocycles. The van der Waals surface area contributed by atoms with Crippen molar-refractivity contribution in [2.45, 2.75) is 0 Å². The number of pyridine rings is 1. The summed E-state index contributed by atoms with van der Waals surface area (Å²) in [5, 5.41) is 8.43. The van der Waals surface area contributed by atoms with Crippen molar-refractivity contribution < 1.29 is 14.6 Å². The molecule has 0 unspecified atom stereocenters. The molecule has 78 valence electrons. The van der Waals surface area contributed by atoms with Gasteiger partial charge in [-0.25, -0.2) is 4.98 Å². The van der Waals surface area contributed by atoms with Crippen molar-refractivity contribution in [3.8, 4) is 5.88 Å². The Bertz CT molecular complexity index is 270. The fraction of sp³-hybridized carbons (Fsp3) is 0.444. The first kappa shape index (κ1) is 11.4. The number of aromatic nitrogens is 1. The lowest BCUT2D eigenvalue weighted by Gasteiger charge is -2.05. The average molecular weight is 262 g/mol. The van der Waals surface area contributed by atoms with Crippen LogP contribution in [0, 0.1) is 0 Å². The second-order valence-corrected chi connectivity index (χ2v) is 3.30. The molecule has 1 heterocycles. The normalized spacial score (nSPS) is 10.1. The van der Waals surface area contributed by atoms with Crippen LogP contribution in [0.4, 0.5) is 0 Å². The highest BCUT2D eigenvalue weighted by Gasteiger charge is 1.95. The zero-order valence-electron chi connectivity index (χ0n) is 7.65. The van der Waals surface area contributed by atoms with Gasteiger partial charge in [-0.1, -0.05) is 6.07 Å². The highest BCUT2D eigenvalue weighted by molar-refractivity contribution is 9.10. The molecule has 0 atom stereocenters. The molecule has 0 bridgehead atoms. The summed E-state index contributed by atoms with van der Waals surface area (Å²) in [6, 6.07) is 5.45. The first-order chi connectivity index (χ1) is 6.83. The predicted octanol–water partition coefficient (Wildman–Crippen LogP) is 1.23. The molecule has 1 aromatic heterocycles. The van der Waals surface area contributed by atoms with E-state index in [2.05, 4.69) is 20.9 Å². The number of nitrogens with zero attached hydrogens (tertiary/aromatic N) is 1. The van der Waals surface area contributed by atoms with Crippen LogP contribution in [0.25, 0.3) is 0 Å². The van der Waals surface area contributed by atoms with Gasteiger partial charge in [0.05, 0.1) is 19.8 Å². The first-order valence-electron chi connectivity index (χ1n) is 4.27. The molecule has 0 spiro atoms. The molecule has 1 N–H and O–H groups in total. The van der Waals surface area contributed by atoms with Gasteiger partial charge in [0.25, 0.3) is 0 Å². The average Bonchev–Trinajstić information content (AvgIpc) is 2.18. The quantitative estimate of drug-likeness (QED) is 0.619. The van der Waals surface area contributed by atoms with Crippen molar-refractivity contribution in [2.24, 2.45) is 0 Å². The van der Waals surface area contributed by atoms with Crippen molar-refractivity contribution in [1.29, 1.82) is 0 Å². The molecule has 0 saturated carbocycles. The van der Waals surface area contributed by atoms with Crippen molar-refractivity contribution in [2.75, 3.05) is 26.4 Å². The number of rotatable bonds is 6. The van der Waals surface area contributed by atoms with Gasteiger partial charge in [-0.3, -0.25) is 0 Å². The molecule has 0 amide bonds. The van der Waals surface area contributed by atoms with Crippen molar-refractivity contribution in [3.63, 3.8) is 0 Å². The van der Waals surface area contributed by atoms with Gasteiger partial charge >= 0.3 is 0 Å². The summed E-state index contributed by atoms with van der Waals surface area (Å²) in [6.45, 7) is 1.27. The summed E-state index contributed by atoms with van der Waals surface area (Å²) in [5.41, 5.74) is 0. The van der Waals surface area contributed by atoms with Gasteiger partial charge in [0.15, 0.2) is 0 Å². The van der Waals surface area contributed by atoms with Crippen molar-refractivity contribution >= 4 is 15.9 Å². The van der Waals surface area contributed by atoms with Crippen LogP contribution in [0.15, 0.2) is 22.8 Å². The van der Waals surface area contributed by atoms with Crippen LogP contribution in [0.5, 0.6) is 5.88 Å². The summed E-state index contributed by atoms with van der Waals surface area (Å²) >= 11 is 3.24. The number of halogens is 1. The Hall–Kier alpha value is -0.650. The fourth-order valence-corrected chi connectivity index (χ4v) is 1.17. The van der Waals surface area contributed by atoms with Crippen molar-refractivity contribution in [1.82, 2.24) is 4.98 Å². The van der Waals surface area contributed by atoms with Gasteiger partial charge in [-0.15, -0.1) is 0 Å². The standard InChI is InChI=1S/C9H12BrNO3/c10-8-2-1-3-9(11-8)14-7-6-13-5-4-12/h1-3,12H,4-7H2. The molecular formula is C9H12BrNO3. The lowest BCUT2D eigenvalue weighted by atomic mass is 10.5. The second kappa shape index (κ2) is 6.75. The Morgan fingerprint density at radius 3 is 2.86 bits per heavy atom. The Morgan fingerprint density at radius 2 is 2.14 bits per heavy atom. The number of aliphatic hydroxyl groups excluding tert-OH is 1. The molecule has 0 fully saturated rings. The van der Waals surface area contributed by atoms with Crippen LogP contribution in [-0.2, 0) is 4.74 Å². The van der Waals surface area contributed by atoms with Gasteiger partial charge < -0.3 is 14.6 Å². The maximum Gasteiger partial charge on any atom is 0.214 e. The monoisotopic (exact) mass is 261 g/mol. The van der Waals surface area contributed by atoms with E-state index in [4.69, 9.17) is 14.6 Å². The number of ether oxygens (including phenoxy) is 2. The van der Waals surface area contributed by atoms with E-state index in [1.165, 1.54) is 0 Å². The van der Waals surface area contributed by atoms with E-state index in [0.29, 0.717) is 25.7 Å². The van der Waals surface area contributed by atoms with E-state index >= 15 is 0 Å². The third-order valence-corrected chi connectivity index (χ3v) is 1.84. The van der Waals surface area contributed by atoms with Crippen LogP contribution in [0.2, 0.25) is 0 Å². The number of hydrogen-bond acceptors (Lipinski definition) is 4. The van der Waals surface area contributed by atoms with Crippen LogP contribution in [0.3, 0.4) is 0 Å². The molecule has 4 nitrogen and oxygen atoms in total. The van der Waals surface area contributed by atoms with E-state index in [1.807, 2.05) is 12.1 Å². The zero-order valence-corrected chi connectivity index (χ0v) is 9.24. The topological polar surface area (TPSA) is 51.6 Å². The minimum absolute atomic E-state index is 0.0368. The highest BCUT2D eigenvalue weighted by Crippen LogP contribution is 2.11. The van der Waals surface area contributed by atoms with E-state index < -0.39 is 0 Å². The van der Waals surface area contributed by atoms with Gasteiger partial charge in [-0.2, -0.15) is 0 Å². The largest absolute Gasteiger partial charge is 0.475 e. The van der Waals surface area contributed by atoms with E-state index in [-0.39, 0.29) is 6.61 Å². The van der Waals surface area contributed by atoms with Crippen molar-refractivity contribution in [3.05, 3.63) is 22.8 Å². The molecule has 0 aromatic carbocycles. The van der Waals surface area contributed by atoms with Crippen LogP contribution < -0.4 is 4.74 Å². The third kappa shape index (κ3) is 4.55. The Kier molecular flexibility index (Phi) is 5.51. The highest BCUT2D eigenvalue weighted by atomic mass is 79.9. The summed E-state index contributed by atoms with van der Waals surface area (Å²) in [4.78, 5) is 4.08. The van der Waals surface area contributed by atoms with E-state index in [1.54, 1.807) is 6.07 Å². The maximum absolute atomic E-state index is 8.43. The predicted molar refractivity (Wildman–Crippen MR) is 55.3 cm³/mol. The molecule has 0 saturated heterocycles. The molecular weight excluding hydrogens is 250 g/mol.